The second-order valence-corrected chi connectivity index (χ2v) is 4.86. The van der Waals surface area contributed by atoms with Crippen molar-refractivity contribution >= 4 is 0 Å². The van der Waals surface area contributed by atoms with E-state index in [2.05, 4.69) is 19.9 Å². The zero-order valence-corrected chi connectivity index (χ0v) is 17.1. The Kier molecular flexibility index (Phi) is 9.93. The minimum Gasteiger partial charge on any atom is -1.00 e. The molecule has 0 saturated carbocycles. The van der Waals surface area contributed by atoms with E-state index in [0.717, 1.165) is 22.8 Å². The Balaban J connectivity index is 0.000000241. The van der Waals surface area contributed by atoms with Crippen molar-refractivity contribution in [2.24, 2.45) is 0 Å². The molecule has 0 aliphatic rings. The number of aromatic nitrogens is 4. The Hall–Kier alpha value is -2.47. The summed E-state index contributed by atoms with van der Waals surface area (Å²) in [5, 5.41) is 0. The van der Waals surface area contributed by atoms with Gasteiger partial charge in [0.05, 0.1) is 22.8 Å². The molecular formula is C20H16ClN4Os+. The number of nitrogens with zero attached hydrogens (tertiary/aromatic N) is 4. The molecule has 4 aromatic heterocycles. The summed E-state index contributed by atoms with van der Waals surface area (Å²) in [5.41, 5.74) is 3.66. The van der Waals surface area contributed by atoms with Crippen LogP contribution in [-0.2, 0) is 19.8 Å². The van der Waals surface area contributed by atoms with E-state index in [1.807, 2.05) is 72.8 Å². The predicted molar refractivity (Wildman–Crippen MR) is 94.9 cm³/mol. The molecule has 4 heterocycles. The molecule has 4 nitrogen and oxygen atoms in total. The van der Waals surface area contributed by atoms with Crippen LogP contribution in [0.15, 0.2) is 97.6 Å². The van der Waals surface area contributed by atoms with E-state index in [-0.39, 0.29) is 32.2 Å². The first-order valence-electron chi connectivity index (χ1n) is 7.58. The van der Waals surface area contributed by atoms with Crippen LogP contribution in [0.4, 0.5) is 0 Å². The van der Waals surface area contributed by atoms with Crippen LogP contribution in [0.1, 0.15) is 0 Å². The quantitative estimate of drug-likeness (QED) is 0.387. The van der Waals surface area contributed by atoms with Crippen molar-refractivity contribution in [2.75, 3.05) is 0 Å². The van der Waals surface area contributed by atoms with Gasteiger partial charge in [-0.25, -0.2) is 0 Å². The maximum absolute atomic E-state index is 4.19. The molecule has 0 bridgehead atoms. The molecule has 0 aliphatic carbocycles. The van der Waals surface area contributed by atoms with Gasteiger partial charge in [0.1, 0.15) is 0 Å². The predicted octanol–water partition coefficient (Wildman–Crippen LogP) is 1.29. The average molecular weight is 538 g/mol. The number of rotatable bonds is 2. The van der Waals surface area contributed by atoms with Crippen LogP contribution in [0.25, 0.3) is 22.8 Å². The normalized spacial score (nSPS) is 8.92. The molecule has 0 amide bonds. The molecule has 0 N–H and O–H groups in total. The molecule has 0 fully saturated rings. The van der Waals surface area contributed by atoms with Crippen LogP contribution in [0.2, 0.25) is 0 Å². The number of hydrogen-bond donors (Lipinski definition) is 0. The topological polar surface area (TPSA) is 51.6 Å². The van der Waals surface area contributed by atoms with Gasteiger partial charge in [0, 0.05) is 24.8 Å². The standard InChI is InChI=1S/2C10H8N2.ClH.Os/c2*1-3-7-11-9(5-1)10-6-2-4-8-12-10;;/h2*1-8H;1H;/q;;;+2/p-1. The van der Waals surface area contributed by atoms with Crippen LogP contribution < -0.4 is 12.4 Å². The summed E-state index contributed by atoms with van der Waals surface area (Å²) >= 11 is 0. The Morgan fingerprint density at radius 1 is 0.385 bits per heavy atom. The Labute approximate surface area is 172 Å². The molecule has 4 aromatic rings. The van der Waals surface area contributed by atoms with Gasteiger partial charge < -0.3 is 12.4 Å². The number of hydrogen-bond acceptors (Lipinski definition) is 4. The van der Waals surface area contributed by atoms with Crippen molar-refractivity contribution in [3.8, 4) is 22.8 Å². The van der Waals surface area contributed by atoms with E-state index in [1.54, 1.807) is 24.8 Å². The van der Waals surface area contributed by atoms with Crippen molar-refractivity contribution in [1.29, 1.82) is 0 Å². The van der Waals surface area contributed by atoms with Gasteiger partial charge in [-0.05, 0) is 48.5 Å². The smallest absolute Gasteiger partial charge is 1.00 e. The van der Waals surface area contributed by atoms with E-state index < -0.39 is 0 Å². The molecule has 0 radical (unpaired) electrons. The van der Waals surface area contributed by atoms with Gasteiger partial charge in [-0.15, -0.1) is 0 Å². The Bertz CT molecular complexity index is 698. The zero-order chi connectivity index (χ0) is 16.5. The first kappa shape index (κ1) is 21.6. The van der Waals surface area contributed by atoms with Gasteiger partial charge in [0.25, 0.3) is 0 Å². The second-order valence-electron chi connectivity index (χ2n) is 4.86. The first-order valence-corrected chi connectivity index (χ1v) is 7.58. The summed E-state index contributed by atoms with van der Waals surface area (Å²) in [4.78, 5) is 16.7. The molecular weight excluding hydrogens is 522 g/mol. The second kappa shape index (κ2) is 12.0. The minimum atomic E-state index is 0. The van der Waals surface area contributed by atoms with Crippen LogP contribution in [0.5, 0.6) is 0 Å². The van der Waals surface area contributed by atoms with Gasteiger partial charge in [0.2, 0.25) is 0 Å². The summed E-state index contributed by atoms with van der Waals surface area (Å²) in [6, 6.07) is 23.2. The Morgan fingerprint density at radius 2 is 0.615 bits per heavy atom. The van der Waals surface area contributed by atoms with Crippen molar-refractivity contribution in [3.63, 3.8) is 0 Å². The molecule has 0 aromatic carbocycles. The maximum atomic E-state index is 4.19. The summed E-state index contributed by atoms with van der Waals surface area (Å²) < 4.78 is 0. The van der Waals surface area contributed by atoms with Crippen LogP contribution >= 0.6 is 0 Å². The summed E-state index contributed by atoms with van der Waals surface area (Å²) in [5.74, 6) is 0. The van der Waals surface area contributed by atoms with E-state index >= 15 is 0 Å². The van der Waals surface area contributed by atoms with Crippen LogP contribution in [0, 0.1) is 0 Å². The third-order valence-electron chi connectivity index (χ3n) is 3.18. The van der Waals surface area contributed by atoms with Gasteiger partial charge >= 0.3 is 19.8 Å². The van der Waals surface area contributed by atoms with Crippen LogP contribution in [0.3, 0.4) is 0 Å². The molecule has 6 heteroatoms. The van der Waals surface area contributed by atoms with Crippen molar-refractivity contribution in [3.05, 3.63) is 97.6 Å². The molecule has 0 unspecified atom stereocenters. The third-order valence-corrected chi connectivity index (χ3v) is 3.18. The Morgan fingerprint density at radius 3 is 0.769 bits per heavy atom. The third kappa shape index (κ3) is 6.44. The number of pyridine rings is 4. The fraction of sp³-hybridized carbons (Fsp3) is 0. The van der Waals surface area contributed by atoms with Gasteiger partial charge in [-0.1, -0.05) is 24.3 Å². The van der Waals surface area contributed by atoms with E-state index in [4.69, 9.17) is 0 Å². The molecule has 0 spiro atoms. The fourth-order valence-corrected chi connectivity index (χ4v) is 2.06. The zero-order valence-electron chi connectivity index (χ0n) is 13.8. The number of halogens is 1. The largest absolute Gasteiger partial charge is 2.00 e. The molecule has 0 atom stereocenters. The van der Waals surface area contributed by atoms with E-state index in [0.29, 0.717) is 0 Å². The fourth-order valence-electron chi connectivity index (χ4n) is 2.06. The SMILES string of the molecule is [Cl-].[Os+2].c1ccc(-c2ccccn2)nc1.c1ccc(-c2ccccn2)nc1. The summed E-state index contributed by atoms with van der Waals surface area (Å²) in [6.45, 7) is 0. The molecule has 0 saturated heterocycles. The van der Waals surface area contributed by atoms with Crippen LogP contribution in [-0.4, -0.2) is 19.9 Å². The summed E-state index contributed by atoms with van der Waals surface area (Å²) in [7, 11) is 0. The van der Waals surface area contributed by atoms with E-state index in [1.165, 1.54) is 0 Å². The maximum Gasteiger partial charge on any atom is 2.00 e. The molecule has 130 valence electrons. The monoisotopic (exact) mass is 539 g/mol. The minimum absolute atomic E-state index is 0. The van der Waals surface area contributed by atoms with E-state index in [9.17, 15) is 0 Å². The van der Waals surface area contributed by atoms with Gasteiger partial charge in [-0.2, -0.15) is 0 Å². The molecule has 4 rings (SSSR count). The average Bonchev–Trinajstić information content (AvgIpc) is 2.71. The van der Waals surface area contributed by atoms with Gasteiger partial charge in [0.15, 0.2) is 0 Å². The summed E-state index contributed by atoms with van der Waals surface area (Å²) in [6.07, 6.45) is 7.07. The molecule has 0 aliphatic heterocycles. The first-order chi connectivity index (χ1) is 11.9. The molecule has 26 heavy (non-hydrogen) atoms. The van der Waals surface area contributed by atoms with Gasteiger partial charge in [-0.3, -0.25) is 19.9 Å². The van der Waals surface area contributed by atoms with Crippen molar-refractivity contribution < 1.29 is 32.2 Å². The van der Waals surface area contributed by atoms with Crippen molar-refractivity contribution in [2.45, 2.75) is 0 Å². The van der Waals surface area contributed by atoms with Crippen molar-refractivity contribution in [1.82, 2.24) is 19.9 Å².